The number of carbonyl (C=O) groups is 2. The number of ether oxygens (including phenoxy) is 1. The molecule has 2 heterocycles. The van der Waals surface area contributed by atoms with E-state index in [1.54, 1.807) is 13.8 Å². The summed E-state index contributed by atoms with van der Waals surface area (Å²) in [6.45, 7) is 3.26. The summed E-state index contributed by atoms with van der Waals surface area (Å²) in [5.41, 5.74) is -0.387. The van der Waals surface area contributed by atoms with E-state index in [1.165, 1.54) is 29.6 Å². The molecule has 10 heteroatoms. The van der Waals surface area contributed by atoms with Crippen LogP contribution in [0.1, 0.15) is 13.8 Å². The van der Waals surface area contributed by atoms with Gasteiger partial charge in [0.2, 0.25) is 5.91 Å². The molecule has 0 aromatic carbocycles. The predicted molar refractivity (Wildman–Crippen MR) is 88.7 cm³/mol. The van der Waals surface area contributed by atoms with Crippen LogP contribution in [-0.2, 0) is 35.0 Å². The molecule has 1 N–H and O–H groups in total. The molecule has 0 atom stereocenters. The largest absolute Gasteiger partial charge is 0.463 e. The van der Waals surface area contributed by atoms with Crippen molar-refractivity contribution >= 4 is 23.0 Å². The van der Waals surface area contributed by atoms with Crippen molar-refractivity contribution in [2.75, 3.05) is 6.61 Å². The van der Waals surface area contributed by atoms with Gasteiger partial charge in [0.05, 0.1) is 12.9 Å². The number of carbonyl (C=O) groups excluding carboxylic acids is 2. The van der Waals surface area contributed by atoms with Crippen LogP contribution in [0.25, 0.3) is 11.2 Å². The number of esters is 1. The Morgan fingerprint density at radius 1 is 1.28 bits per heavy atom. The summed E-state index contributed by atoms with van der Waals surface area (Å²) < 4.78 is 8.29. The van der Waals surface area contributed by atoms with Crippen molar-refractivity contribution < 1.29 is 14.3 Å². The monoisotopic (exact) mass is 349 g/mol. The highest BCUT2D eigenvalue weighted by molar-refractivity contribution is 5.85. The zero-order valence-electron chi connectivity index (χ0n) is 14.4. The lowest BCUT2D eigenvalue weighted by Gasteiger charge is -2.08. The lowest BCUT2D eigenvalue weighted by atomic mass is 10.4. The van der Waals surface area contributed by atoms with Gasteiger partial charge in [0.25, 0.3) is 5.56 Å². The van der Waals surface area contributed by atoms with Gasteiger partial charge in [0.15, 0.2) is 11.2 Å². The number of fused-ring (bicyclic) bond motifs is 1. The van der Waals surface area contributed by atoms with Crippen molar-refractivity contribution in [2.24, 2.45) is 14.1 Å². The first-order valence-electron chi connectivity index (χ1n) is 7.52. The number of aromatic nitrogens is 4. The van der Waals surface area contributed by atoms with Crippen LogP contribution in [0.3, 0.4) is 0 Å². The summed E-state index contributed by atoms with van der Waals surface area (Å²) in [6, 6.07) is 0. The van der Waals surface area contributed by atoms with Gasteiger partial charge in [0.1, 0.15) is 6.54 Å². The van der Waals surface area contributed by atoms with Crippen LogP contribution in [0.15, 0.2) is 27.7 Å². The molecule has 0 aliphatic rings. The van der Waals surface area contributed by atoms with Crippen molar-refractivity contribution in [1.29, 1.82) is 0 Å². The molecule has 0 unspecified atom stereocenters. The molecule has 2 rings (SSSR count). The third-order valence-corrected chi connectivity index (χ3v) is 3.49. The highest BCUT2D eigenvalue weighted by atomic mass is 16.5. The highest BCUT2D eigenvalue weighted by Gasteiger charge is 2.16. The van der Waals surface area contributed by atoms with Crippen LogP contribution in [-0.4, -0.2) is 37.2 Å². The van der Waals surface area contributed by atoms with Crippen LogP contribution < -0.4 is 16.6 Å². The van der Waals surface area contributed by atoms with Crippen LogP contribution >= 0.6 is 0 Å². The zero-order valence-corrected chi connectivity index (χ0v) is 14.4. The van der Waals surface area contributed by atoms with Gasteiger partial charge in [-0.25, -0.2) is 14.6 Å². The van der Waals surface area contributed by atoms with Gasteiger partial charge in [-0.05, 0) is 13.8 Å². The first-order chi connectivity index (χ1) is 11.8. The first kappa shape index (κ1) is 18.2. The number of rotatable bonds is 5. The number of nitrogens with zero attached hydrogens (tertiary/aromatic N) is 4. The number of imidazole rings is 1. The third-order valence-electron chi connectivity index (χ3n) is 3.49. The molecule has 2 aromatic heterocycles. The van der Waals surface area contributed by atoms with Crippen LogP contribution in [0.2, 0.25) is 0 Å². The van der Waals surface area contributed by atoms with E-state index in [2.05, 4.69) is 10.3 Å². The average Bonchev–Trinajstić information content (AvgIpc) is 2.94. The van der Waals surface area contributed by atoms with Gasteiger partial charge in [0, 0.05) is 25.9 Å². The fourth-order valence-electron chi connectivity index (χ4n) is 2.33. The zero-order chi connectivity index (χ0) is 18.7. The maximum absolute atomic E-state index is 12.3. The third kappa shape index (κ3) is 3.67. The van der Waals surface area contributed by atoms with Crippen molar-refractivity contribution in [3.63, 3.8) is 0 Å². The molecule has 0 radical (unpaired) electrons. The number of aryl methyl sites for hydroxylation is 1. The van der Waals surface area contributed by atoms with E-state index in [-0.39, 0.29) is 24.3 Å². The Hall–Kier alpha value is -3.17. The lowest BCUT2D eigenvalue weighted by molar-refractivity contribution is -0.137. The normalized spacial score (nSPS) is 11.6. The molecule has 0 saturated carbocycles. The lowest BCUT2D eigenvalue weighted by Crippen LogP contribution is -2.38. The number of allylic oxidation sites excluding steroid dienone is 1. The Labute approximate surface area is 142 Å². The second-order valence-corrected chi connectivity index (χ2v) is 5.38. The minimum atomic E-state index is -0.558. The van der Waals surface area contributed by atoms with Crippen LogP contribution in [0.5, 0.6) is 0 Å². The fraction of sp³-hybridized carbons (Fsp3) is 0.400. The Morgan fingerprint density at radius 2 is 1.96 bits per heavy atom. The van der Waals surface area contributed by atoms with E-state index >= 15 is 0 Å². The summed E-state index contributed by atoms with van der Waals surface area (Å²) in [7, 11) is 2.85. The summed E-state index contributed by atoms with van der Waals surface area (Å²) >= 11 is 0. The number of nitrogens with one attached hydrogen (secondary N) is 1. The summed E-state index contributed by atoms with van der Waals surface area (Å²) in [6.07, 6.45) is 2.48. The van der Waals surface area contributed by atoms with E-state index in [0.29, 0.717) is 5.70 Å². The van der Waals surface area contributed by atoms with Crippen molar-refractivity contribution in [1.82, 2.24) is 24.0 Å². The van der Waals surface area contributed by atoms with E-state index in [9.17, 15) is 19.2 Å². The molecule has 25 heavy (non-hydrogen) atoms. The number of hydrogen-bond donors (Lipinski definition) is 1. The maximum atomic E-state index is 12.3. The molecule has 0 fully saturated rings. The Morgan fingerprint density at radius 3 is 2.60 bits per heavy atom. The van der Waals surface area contributed by atoms with Gasteiger partial charge in [-0.1, -0.05) is 0 Å². The van der Waals surface area contributed by atoms with Crippen molar-refractivity contribution in [3.05, 3.63) is 38.9 Å². The summed E-state index contributed by atoms with van der Waals surface area (Å²) in [5.74, 6) is -1.01. The molecule has 0 spiro atoms. The van der Waals surface area contributed by atoms with Crippen LogP contribution in [0.4, 0.5) is 0 Å². The van der Waals surface area contributed by atoms with E-state index in [0.717, 1.165) is 10.6 Å². The van der Waals surface area contributed by atoms with Gasteiger partial charge in [-0.2, -0.15) is 0 Å². The molecule has 2 aromatic rings. The molecule has 0 aliphatic heterocycles. The van der Waals surface area contributed by atoms with Crippen LogP contribution in [0, 0.1) is 0 Å². The molecular formula is C15H19N5O5. The Kier molecular flexibility index (Phi) is 5.20. The maximum Gasteiger partial charge on any atom is 0.332 e. The number of hydrogen-bond acceptors (Lipinski definition) is 6. The second-order valence-electron chi connectivity index (χ2n) is 5.38. The molecule has 134 valence electrons. The smallest absolute Gasteiger partial charge is 0.332 e. The predicted octanol–water partition coefficient (Wildman–Crippen LogP) is -0.983. The quantitative estimate of drug-likeness (QED) is 0.547. The fourth-order valence-corrected chi connectivity index (χ4v) is 2.33. The topological polar surface area (TPSA) is 117 Å². The van der Waals surface area contributed by atoms with Crippen molar-refractivity contribution in [3.8, 4) is 0 Å². The van der Waals surface area contributed by atoms with Gasteiger partial charge in [-0.15, -0.1) is 0 Å². The Bertz CT molecular complexity index is 979. The van der Waals surface area contributed by atoms with Crippen molar-refractivity contribution in [2.45, 2.75) is 20.4 Å². The van der Waals surface area contributed by atoms with E-state index in [4.69, 9.17) is 4.74 Å². The van der Waals surface area contributed by atoms with Gasteiger partial charge >= 0.3 is 11.7 Å². The van der Waals surface area contributed by atoms with E-state index in [1.807, 2.05) is 0 Å². The molecule has 1 amide bonds. The van der Waals surface area contributed by atoms with E-state index < -0.39 is 23.1 Å². The Balaban J connectivity index is 2.27. The molecule has 0 saturated heterocycles. The minimum Gasteiger partial charge on any atom is -0.463 e. The summed E-state index contributed by atoms with van der Waals surface area (Å²) in [4.78, 5) is 51.7. The van der Waals surface area contributed by atoms with Gasteiger partial charge < -0.3 is 14.6 Å². The molecule has 10 nitrogen and oxygen atoms in total. The first-order valence-corrected chi connectivity index (χ1v) is 7.52. The average molecular weight is 349 g/mol. The highest BCUT2D eigenvalue weighted by Crippen LogP contribution is 2.05. The second kappa shape index (κ2) is 7.16. The standard InChI is InChI=1S/C15H19N5O5/c1-5-25-11(22)6-9(2)17-10(21)7-20-8-16-13-12(20)14(23)19(4)15(24)18(13)3/h6,8H,5,7H2,1-4H3,(H,17,21)/b9-6+. The molecular weight excluding hydrogens is 330 g/mol. The minimum absolute atomic E-state index is 0.145. The molecule has 0 bridgehead atoms. The SMILES string of the molecule is CCOC(=O)/C=C(\C)NC(=O)Cn1cnc2c1c(=O)n(C)c(=O)n2C. The molecule has 0 aliphatic carbocycles. The number of amides is 1. The summed E-state index contributed by atoms with van der Waals surface area (Å²) in [5, 5.41) is 2.53. The van der Waals surface area contributed by atoms with Gasteiger partial charge in [-0.3, -0.25) is 18.7 Å².